The van der Waals surface area contributed by atoms with E-state index in [1.165, 1.54) is 55.8 Å². The fraction of sp³-hybridized carbons (Fsp3) is 0.474. The molecule has 0 bridgehead atoms. The highest BCUT2D eigenvalue weighted by molar-refractivity contribution is 5.83. The van der Waals surface area contributed by atoms with Crippen LogP contribution in [0.1, 0.15) is 44.1 Å². The fourth-order valence-electron chi connectivity index (χ4n) is 4.28. The topological polar surface area (TPSA) is 12.0 Å². The molecule has 1 unspecified atom stereocenters. The van der Waals surface area contributed by atoms with Crippen molar-refractivity contribution in [3.63, 3.8) is 0 Å². The number of nitrogens with one attached hydrogen (secondary N) is 1. The van der Waals surface area contributed by atoms with Gasteiger partial charge in [-0.2, -0.15) is 0 Å². The molecule has 0 spiro atoms. The molecule has 1 nitrogen and oxygen atoms in total. The van der Waals surface area contributed by atoms with Gasteiger partial charge in [0, 0.05) is 11.5 Å². The highest BCUT2D eigenvalue weighted by Gasteiger charge is 2.43. The summed E-state index contributed by atoms with van der Waals surface area (Å²) in [6.07, 6.45) is 8.29. The van der Waals surface area contributed by atoms with Crippen molar-refractivity contribution in [3.05, 3.63) is 48.0 Å². The van der Waals surface area contributed by atoms with Crippen LogP contribution in [0.2, 0.25) is 0 Å². The maximum atomic E-state index is 3.70. The van der Waals surface area contributed by atoms with Crippen molar-refractivity contribution in [3.8, 4) is 0 Å². The summed E-state index contributed by atoms with van der Waals surface area (Å²) in [5.74, 6) is 0. The van der Waals surface area contributed by atoms with Crippen LogP contribution in [0.25, 0.3) is 10.8 Å². The summed E-state index contributed by atoms with van der Waals surface area (Å²) in [4.78, 5) is 0. The molecule has 2 aromatic rings. The fourth-order valence-corrected chi connectivity index (χ4v) is 4.28. The quantitative estimate of drug-likeness (QED) is 0.848. The second-order valence-electron chi connectivity index (χ2n) is 6.57. The van der Waals surface area contributed by atoms with E-state index >= 15 is 0 Å². The minimum absolute atomic E-state index is 0.403. The Hall–Kier alpha value is -1.34. The lowest BCUT2D eigenvalue weighted by molar-refractivity contribution is 0.160. The average Bonchev–Trinajstić information content (AvgIpc) is 2.46. The summed E-state index contributed by atoms with van der Waals surface area (Å²) in [6.45, 7) is 1.21. The van der Waals surface area contributed by atoms with Crippen LogP contribution in [0.5, 0.6) is 0 Å². The van der Waals surface area contributed by atoms with Gasteiger partial charge in [0.25, 0.3) is 0 Å². The smallest absolute Gasteiger partial charge is 0.0176 e. The molecule has 0 amide bonds. The highest BCUT2D eigenvalue weighted by Crippen LogP contribution is 2.45. The van der Waals surface area contributed by atoms with Gasteiger partial charge in [0.2, 0.25) is 0 Å². The first kappa shape index (κ1) is 12.4. The van der Waals surface area contributed by atoms with Gasteiger partial charge < -0.3 is 5.32 Å². The lowest BCUT2D eigenvalue weighted by Crippen LogP contribution is -2.57. The van der Waals surface area contributed by atoms with Crippen molar-refractivity contribution in [2.24, 2.45) is 0 Å². The number of fused-ring (bicyclic) bond motifs is 1. The molecule has 0 radical (unpaired) electrons. The van der Waals surface area contributed by atoms with E-state index < -0.39 is 0 Å². The number of hydrogen-bond donors (Lipinski definition) is 1. The lowest BCUT2D eigenvalue weighted by Gasteiger charge is -2.49. The van der Waals surface area contributed by atoms with Crippen molar-refractivity contribution in [1.29, 1.82) is 0 Å². The van der Waals surface area contributed by atoms with Gasteiger partial charge >= 0.3 is 0 Å². The minimum atomic E-state index is 0.403. The van der Waals surface area contributed by atoms with E-state index in [1.54, 1.807) is 5.56 Å². The van der Waals surface area contributed by atoms with E-state index in [9.17, 15) is 0 Å². The third-order valence-corrected chi connectivity index (χ3v) is 5.56. The SMILES string of the molecule is c1ccc2cc(C3(C4CCN4)CCCCC3)ccc2c1. The van der Waals surface area contributed by atoms with Crippen molar-refractivity contribution < 1.29 is 0 Å². The molecule has 1 saturated heterocycles. The first-order valence-electron chi connectivity index (χ1n) is 8.11. The summed E-state index contributed by atoms with van der Waals surface area (Å²) in [7, 11) is 0. The molecule has 2 fully saturated rings. The molecule has 1 heterocycles. The molecule has 1 aliphatic heterocycles. The molecule has 1 N–H and O–H groups in total. The summed E-state index contributed by atoms with van der Waals surface area (Å²) < 4.78 is 0. The maximum absolute atomic E-state index is 3.70. The zero-order valence-electron chi connectivity index (χ0n) is 12.1. The Morgan fingerprint density at radius 1 is 0.900 bits per heavy atom. The van der Waals surface area contributed by atoms with E-state index in [0.717, 1.165) is 0 Å². The van der Waals surface area contributed by atoms with E-state index in [1.807, 2.05) is 0 Å². The second kappa shape index (κ2) is 4.89. The molecule has 1 heteroatoms. The summed E-state index contributed by atoms with van der Waals surface area (Å²) in [5, 5.41) is 6.46. The Labute approximate surface area is 121 Å². The van der Waals surface area contributed by atoms with Crippen LogP contribution < -0.4 is 5.32 Å². The highest BCUT2D eigenvalue weighted by atomic mass is 15.0. The van der Waals surface area contributed by atoms with Gasteiger partial charge in [0.1, 0.15) is 0 Å². The Morgan fingerprint density at radius 3 is 2.35 bits per heavy atom. The Kier molecular flexibility index (Phi) is 3.03. The van der Waals surface area contributed by atoms with Crippen LogP contribution in [0, 0.1) is 0 Å². The van der Waals surface area contributed by atoms with Gasteiger partial charge in [0.05, 0.1) is 0 Å². The van der Waals surface area contributed by atoms with Crippen molar-refractivity contribution in [1.82, 2.24) is 5.32 Å². The van der Waals surface area contributed by atoms with Crippen molar-refractivity contribution in [2.45, 2.75) is 50.0 Å². The molecule has 104 valence electrons. The molecular formula is C19H23N. The van der Waals surface area contributed by atoms with Crippen LogP contribution in [0.15, 0.2) is 42.5 Å². The third-order valence-electron chi connectivity index (χ3n) is 5.56. The normalized spacial score (nSPS) is 25.3. The van der Waals surface area contributed by atoms with Gasteiger partial charge in [-0.1, -0.05) is 61.7 Å². The van der Waals surface area contributed by atoms with E-state index in [2.05, 4.69) is 47.8 Å². The lowest BCUT2D eigenvalue weighted by atomic mass is 9.62. The van der Waals surface area contributed by atoms with E-state index in [-0.39, 0.29) is 0 Å². The molecular weight excluding hydrogens is 242 g/mol. The predicted octanol–water partition coefficient (Wildman–Crippen LogP) is 4.40. The molecule has 1 saturated carbocycles. The van der Waals surface area contributed by atoms with Crippen LogP contribution in [0.4, 0.5) is 0 Å². The number of hydrogen-bond acceptors (Lipinski definition) is 1. The largest absolute Gasteiger partial charge is 0.313 e. The maximum Gasteiger partial charge on any atom is 0.0176 e. The predicted molar refractivity (Wildman–Crippen MR) is 85.1 cm³/mol. The summed E-state index contributed by atoms with van der Waals surface area (Å²) in [6, 6.07) is 16.6. The van der Waals surface area contributed by atoms with Gasteiger partial charge in [-0.15, -0.1) is 0 Å². The first-order chi connectivity index (χ1) is 9.88. The van der Waals surface area contributed by atoms with Crippen molar-refractivity contribution >= 4 is 10.8 Å². The van der Waals surface area contributed by atoms with Gasteiger partial charge in [0.15, 0.2) is 0 Å². The second-order valence-corrected chi connectivity index (χ2v) is 6.57. The average molecular weight is 265 g/mol. The monoisotopic (exact) mass is 265 g/mol. The zero-order valence-corrected chi connectivity index (χ0v) is 12.1. The van der Waals surface area contributed by atoms with Crippen LogP contribution >= 0.6 is 0 Å². The van der Waals surface area contributed by atoms with Crippen LogP contribution in [0.3, 0.4) is 0 Å². The standard InChI is InChI=1S/C19H23N/c1-4-11-19(12-5-1,18-10-13-20-18)17-9-8-15-6-2-3-7-16(15)14-17/h2-3,6-9,14,18,20H,1,4-5,10-13H2. The Balaban J connectivity index is 1.80. The molecule has 20 heavy (non-hydrogen) atoms. The number of rotatable bonds is 2. The minimum Gasteiger partial charge on any atom is -0.313 e. The molecule has 2 aliphatic rings. The molecule has 2 aromatic carbocycles. The van der Waals surface area contributed by atoms with Crippen LogP contribution in [-0.2, 0) is 5.41 Å². The Bertz CT molecular complexity index is 606. The van der Waals surface area contributed by atoms with Crippen molar-refractivity contribution in [2.75, 3.05) is 6.54 Å². The Morgan fingerprint density at radius 2 is 1.65 bits per heavy atom. The molecule has 1 aliphatic carbocycles. The molecule has 4 rings (SSSR count). The third kappa shape index (κ3) is 1.88. The molecule has 0 aromatic heterocycles. The first-order valence-corrected chi connectivity index (χ1v) is 8.11. The van der Waals surface area contributed by atoms with E-state index in [0.29, 0.717) is 11.5 Å². The van der Waals surface area contributed by atoms with Gasteiger partial charge in [-0.3, -0.25) is 0 Å². The zero-order chi connectivity index (χ0) is 13.4. The van der Waals surface area contributed by atoms with Crippen LogP contribution in [-0.4, -0.2) is 12.6 Å². The molecule has 1 atom stereocenters. The summed E-state index contributed by atoms with van der Waals surface area (Å²) in [5.41, 5.74) is 1.98. The summed E-state index contributed by atoms with van der Waals surface area (Å²) >= 11 is 0. The van der Waals surface area contributed by atoms with Gasteiger partial charge in [-0.05, 0) is 42.1 Å². The number of benzene rings is 2. The van der Waals surface area contributed by atoms with E-state index in [4.69, 9.17) is 0 Å². The van der Waals surface area contributed by atoms with Gasteiger partial charge in [-0.25, -0.2) is 0 Å².